The summed E-state index contributed by atoms with van der Waals surface area (Å²) < 4.78 is 7.12. The lowest BCUT2D eigenvalue weighted by atomic mass is 10.2. The molecule has 86 valence electrons. The van der Waals surface area contributed by atoms with Crippen molar-refractivity contribution in [1.29, 1.82) is 5.26 Å². The average Bonchev–Trinajstić information content (AvgIpc) is 2.89. The van der Waals surface area contributed by atoms with E-state index in [2.05, 4.69) is 16.4 Å². The molecule has 16 heavy (non-hydrogen) atoms. The van der Waals surface area contributed by atoms with Crippen LogP contribution in [0.3, 0.4) is 0 Å². The fourth-order valence-corrected chi connectivity index (χ4v) is 2.29. The Morgan fingerprint density at radius 3 is 2.88 bits per heavy atom. The zero-order valence-corrected chi connectivity index (χ0v) is 9.52. The number of aromatic nitrogens is 3. The monoisotopic (exact) mass is 220 g/mol. The number of hydrogen-bond donors (Lipinski definition) is 0. The Labute approximate surface area is 95.0 Å². The number of nitriles is 1. The first-order valence-corrected chi connectivity index (χ1v) is 5.65. The highest BCUT2D eigenvalue weighted by Crippen LogP contribution is 2.30. The Balaban J connectivity index is 2.25. The molecule has 0 unspecified atom stereocenters. The van der Waals surface area contributed by atoms with Crippen LogP contribution < -0.4 is 0 Å². The van der Waals surface area contributed by atoms with Gasteiger partial charge < -0.3 is 4.74 Å². The second kappa shape index (κ2) is 5.08. The number of nitrogens with zero attached hydrogens (tertiary/aromatic N) is 4. The molecule has 2 rings (SSSR count). The predicted molar refractivity (Wildman–Crippen MR) is 57.6 cm³/mol. The summed E-state index contributed by atoms with van der Waals surface area (Å²) in [7, 11) is 1.65. The van der Waals surface area contributed by atoms with Gasteiger partial charge in [-0.3, -0.25) is 0 Å². The molecular formula is C11H16N4O. The van der Waals surface area contributed by atoms with Crippen molar-refractivity contribution in [1.82, 2.24) is 15.0 Å². The van der Waals surface area contributed by atoms with Crippen LogP contribution in [-0.2, 0) is 17.8 Å². The van der Waals surface area contributed by atoms with Gasteiger partial charge in [0.1, 0.15) is 5.69 Å². The molecule has 0 atom stereocenters. The Morgan fingerprint density at radius 1 is 1.50 bits per heavy atom. The van der Waals surface area contributed by atoms with Crippen molar-refractivity contribution in [2.45, 2.75) is 44.8 Å². The second-order valence-electron chi connectivity index (χ2n) is 4.13. The summed E-state index contributed by atoms with van der Waals surface area (Å²) in [4.78, 5) is 0. The van der Waals surface area contributed by atoms with E-state index in [1.807, 2.05) is 4.68 Å². The maximum Gasteiger partial charge on any atom is 0.102 e. The van der Waals surface area contributed by atoms with Crippen molar-refractivity contribution >= 4 is 0 Å². The molecule has 5 nitrogen and oxygen atoms in total. The third kappa shape index (κ3) is 2.07. The highest BCUT2D eigenvalue weighted by molar-refractivity contribution is 5.14. The molecule has 1 saturated carbocycles. The van der Waals surface area contributed by atoms with Gasteiger partial charge in [0, 0.05) is 7.11 Å². The third-order valence-electron chi connectivity index (χ3n) is 3.07. The van der Waals surface area contributed by atoms with Gasteiger partial charge in [0.15, 0.2) is 0 Å². The summed E-state index contributed by atoms with van der Waals surface area (Å²) in [5.41, 5.74) is 1.73. The lowest BCUT2D eigenvalue weighted by molar-refractivity contribution is 0.173. The normalized spacial score (nSPS) is 16.5. The van der Waals surface area contributed by atoms with Crippen LogP contribution in [0.15, 0.2) is 0 Å². The standard InChI is InChI=1S/C11H16N4O/c1-16-8-11-10(6-7-12)13-14-15(11)9-4-2-3-5-9/h9H,2-6,8H2,1H3. The Bertz CT molecular complexity index is 387. The highest BCUT2D eigenvalue weighted by atomic mass is 16.5. The maximum atomic E-state index is 8.72. The van der Waals surface area contributed by atoms with Crippen LogP contribution in [0.4, 0.5) is 0 Å². The molecule has 0 N–H and O–H groups in total. The zero-order chi connectivity index (χ0) is 11.4. The van der Waals surface area contributed by atoms with Crippen LogP contribution >= 0.6 is 0 Å². The van der Waals surface area contributed by atoms with Crippen molar-refractivity contribution in [2.75, 3.05) is 7.11 Å². The van der Waals surface area contributed by atoms with Crippen LogP contribution in [0.2, 0.25) is 0 Å². The molecule has 5 heteroatoms. The van der Waals surface area contributed by atoms with Gasteiger partial charge in [-0.1, -0.05) is 18.1 Å². The van der Waals surface area contributed by atoms with Crippen LogP contribution in [0, 0.1) is 11.3 Å². The topological polar surface area (TPSA) is 63.7 Å². The molecule has 1 heterocycles. The molecule has 0 aromatic carbocycles. The van der Waals surface area contributed by atoms with Gasteiger partial charge >= 0.3 is 0 Å². The van der Waals surface area contributed by atoms with Gasteiger partial charge in [-0.15, -0.1) is 5.10 Å². The summed E-state index contributed by atoms with van der Waals surface area (Å²) >= 11 is 0. The largest absolute Gasteiger partial charge is 0.378 e. The summed E-state index contributed by atoms with van der Waals surface area (Å²) in [5, 5.41) is 17.0. The van der Waals surface area contributed by atoms with E-state index in [0.717, 1.165) is 24.2 Å². The van der Waals surface area contributed by atoms with Gasteiger partial charge in [-0.05, 0) is 12.8 Å². The van der Waals surface area contributed by atoms with E-state index in [9.17, 15) is 0 Å². The SMILES string of the molecule is COCc1c(CC#N)nnn1C1CCCC1. The molecule has 1 aliphatic rings. The molecule has 0 bridgehead atoms. The minimum absolute atomic E-state index is 0.311. The summed E-state index contributed by atoms with van der Waals surface area (Å²) in [6.45, 7) is 0.487. The minimum atomic E-state index is 0.311. The van der Waals surface area contributed by atoms with E-state index >= 15 is 0 Å². The smallest absolute Gasteiger partial charge is 0.102 e. The highest BCUT2D eigenvalue weighted by Gasteiger charge is 2.22. The van der Waals surface area contributed by atoms with Gasteiger partial charge in [-0.25, -0.2) is 4.68 Å². The Kier molecular flexibility index (Phi) is 3.52. The van der Waals surface area contributed by atoms with Gasteiger partial charge in [0.2, 0.25) is 0 Å². The Morgan fingerprint density at radius 2 is 2.25 bits per heavy atom. The molecule has 0 spiro atoms. The lowest BCUT2D eigenvalue weighted by Gasteiger charge is -2.12. The molecule has 0 saturated heterocycles. The second-order valence-corrected chi connectivity index (χ2v) is 4.13. The summed E-state index contributed by atoms with van der Waals surface area (Å²) in [5.74, 6) is 0. The molecule has 0 aliphatic heterocycles. The van der Waals surface area contributed by atoms with Crippen molar-refractivity contribution in [3.05, 3.63) is 11.4 Å². The van der Waals surface area contributed by atoms with Gasteiger partial charge in [0.25, 0.3) is 0 Å². The van der Waals surface area contributed by atoms with Crippen molar-refractivity contribution in [3.8, 4) is 6.07 Å². The molecule has 1 aliphatic carbocycles. The van der Waals surface area contributed by atoms with Crippen LogP contribution in [-0.4, -0.2) is 22.1 Å². The van der Waals surface area contributed by atoms with Crippen molar-refractivity contribution < 1.29 is 4.74 Å². The minimum Gasteiger partial charge on any atom is -0.378 e. The van der Waals surface area contributed by atoms with Gasteiger partial charge in [0.05, 0.1) is 30.8 Å². The Hall–Kier alpha value is -1.41. The average molecular weight is 220 g/mol. The number of hydrogen-bond acceptors (Lipinski definition) is 4. The number of ether oxygens (including phenoxy) is 1. The number of methoxy groups -OCH3 is 1. The predicted octanol–water partition coefficient (Wildman–Crippen LogP) is 1.61. The maximum absolute atomic E-state index is 8.72. The van der Waals surface area contributed by atoms with Crippen molar-refractivity contribution in [3.63, 3.8) is 0 Å². The van der Waals surface area contributed by atoms with Crippen molar-refractivity contribution in [2.24, 2.45) is 0 Å². The van der Waals surface area contributed by atoms with E-state index in [1.165, 1.54) is 12.8 Å². The molecule has 1 aromatic heterocycles. The third-order valence-corrected chi connectivity index (χ3v) is 3.07. The van der Waals surface area contributed by atoms with E-state index in [0.29, 0.717) is 19.1 Å². The van der Waals surface area contributed by atoms with E-state index in [1.54, 1.807) is 7.11 Å². The first-order valence-electron chi connectivity index (χ1n) is 5.65. The van der Waals surface area contributed by atoms with Crippen LogP contribution in [0.25, 0.3) is 0 Å². The first-order chi connectivity index (χ1) is 7.86. The fourth-order valence-electron chi connectivity index (χ4n) is 2.29. The zero-order valence-electron chi connectivity index (χ0n) is 9.52. The molecule has 1 aromatic rings. The van der Waals surface area contributed by atoms with Gasteiger partial charge in [-0.2, -0.15) is 5.26 Å². The van der Waals surface area contributed by atoms with E-state index < -0.39 is 0 Å². The van der Waals surface area contributed by atoms with Crippen LogP contribution in [0.1, 0.15) is 43.1 Å². The lowest BCUT2D eigenvalue weighted by Crippen LogP contribution is -2.12. The molecule has 0 radical (unpaired) electrons. The molecule has 1 fully saturated rings. The van der Waals surface area contributed by atoms with Crippen LogP contribution in [0.5, 0.6) is 0 Å². The quantitative estimate of drug-likeness (QED) is 0.773. The first kappa shape index (κ1) is 11.1. The summed E-state index contributed by atoms with van der Waals surface area (Å²) in [6.07, 6.45) is 5.14. The molecular weight excluding hydrogens is 204 g/mol. The van der Waals surface area contributed by atoms with E-state index in [4.69, 9.17) is 10.00 Å². The fraction of sp³-hybridized carbons (Fsp3) is 0.727. The number of rotatable bonds is 4. The van der Waals surface area contributed by atoms with E-state index in [-0.39, 0.29) is 0 Å². The summed E-state index contributed by atoms with van der Waals surface area (Å²) in [6, 6.07) is 2.56. The molecule has 0 amide bonds.